The smallest absolute Gasteiger partial charge is 0.255 e. The van der Waals surface area contributed by atoms with Gasteiger partial charge >= 0.3 is 0 Å². The van der Waals surface area contributed by atoms with E-state index in [0.29, 0.717) is 37.6 Å². The minimum Gasteiger partial charge on any atom is -0.490 e. The lowest BCUT2D eigenvalue weighted by atomic mass is 9.96. The first-order valence-corrected chi connectivity index (χ1v) is 8.58. The Labute approximate surface area is 142 Å². The van der Waals surface area contributed by atoms with Gasteiger partial charge in [-0.3, -0.25) is 9.59 Å². The van der Waals surface area contributed by atoms with Gasteiger partial charge in [-0.2, -0.15) is 0 Å². The van der Waals surface area contributed by atoms with Crippen LogP contribution in [-0.4, -0.2) is 55.2 Å². The van der Waals surface area contributed by atoms with Crippen molar-refractivity contribution in [2.45, 2.75) is 38.3 Å². The highest BCUT2D eigenvalue weighted by Gasteiger charge is 2.26. The number of para-hydroxylation sites is 1. The van der Waals surface area contributed by atoms with E-state index in [2.05, 4.69) is 5.32 Å². The molecule has 2 fully saturated rings. The number of benzene rings is 1. The molecule has 1 aromatic carbocycles. The van der Waals surface area contributed by atoms with E-state index in [1.165, 1.54) is 6.42 Å². The van der Waals surface area contributed by atoms with Gasteiger partial charge in [-0.25, -0.2) is 0 Å². The van der Waals surface area contributed by atoms with E-state index in [1.54, 1.807) is 24.0 Å². The molecule has 0 bridgehead atoms. The normalized spacial score (nSPS) is 19.3. The highest BCUT2D eigenvalue weighted by Crippen LogP contribution is 2.27. The second-order valence-electron chi connectivity index (χ2n) is 6.30. The molecular formula is C18H24N2O4. The molecule has 1 atom stereocenters. The first kappa shape index (κ1) is 16.8. The summed E-state index contributed by atoms with van der Waals surface area (Å²) in [5, 5.41) is 2.79. The molecule has 2 amide bonds. The maximum atomic E-state index is 12.6. The Balaban J connectivity index is 1.62. The van der Waals surface area contributed by atoms with Crippen LogP contribution < -0.4 is 10.1 Å². The molecule has 0 spiro atoms. The van der Waals surface area contributed by atoms with Crippen LogP contribution in [0.15, 0.2) is 24.3 Å². The zero-order valence-electron chi connectivity index (χ0n) is 14.0. The molecular weight excluding hydrogens is 308 g/mol. The predicted octanol–water partition coefficient (Wildman–Crippen LogP) is 1.59. The second-order valence-corrected chi connectivity index (χ2v) is 6.30. The van der Waals surface area contributed by atoms with E-state index in [0.717, 1.165) is 12.8 Å². The Bertz CT molecular complexity index is 594. The third kappa shape index (κ3) is 3.87. The van der Waals surface area contributed by atoms with E-state index in [9.17, 15) is 9.59 Å². The quantitative estimate of drug-likeness (QED) is 0.889. The van der Waals surface area contributed by atoms with Crippen molar-refractivity contribution in [3.8, 4) is 5.75 Å². The van der Waals surface area contributed by atoms with Crippen LogP contribution in [0.2, 0.25) is 0 Å². The van der Waals surface area contributed by atoms with E-state index in [1.807, 2.05) is 12.1 Å². The van der Waals surface area contributed by atoms with E-state index in [4.69, 9.17) is 9.47 Å². The molecule has 1 saturated carbocycles. The fraction of sp³-hybridized carbons (Fsp3) is 0.556. The van der Waals surface area contributed by atoms with Crippen molar-refractivity contribution in [1.29, 1.82) is 0 Å². The van der Waals surface area contributed by atoms with Crippen molar-refractivity contribution < 1.29 is 19.1 Å². The number of morpholine rings is 1. The molecule has 1 N–H and O–H groups in total. The zero-order valence-corrected chi connectivity index (χ0v) is 14.0. The van der Waals surface area contributed by atoms with E-state index >= 15 is 0 Å². The van der Waals surface area contributed by atoms with Crippen LogP contribution >= 0.6 is 0 Å². The Hall–Kier alpha value is -2.08. The van der Waals surface area contributed by atoms with Crippen LogP contribution in [0.25, 0.3) is 0 Å². The summed E-state index contributed by atoms with van der Waals surface area (Å²) in [5.41, 5.74) is 0.478. The van der Waals surface area contributed by atoms with Gasteiger partial charge in [-0.05, 0) is 38.3 Å². The largest absolute Gasteiger partial charge is 0.490 e. The van der Waals surface area contributed by atoms with Crippen molar-refractivity contribution >= 4 is 11.8 Å². The van der Waals surface area contributed by atoms with Gasteiger partial charge in [0, 0.05) is 13.1 Å². The summed E-state index contributed by atoms with van der Waals surface area (Å²) in [7, 11) is 0. The highest BCUT2D eigenvalue weighted by molar-refractivity contribution is 5.99. The lowest BCUT2D eigenvalue weighted by molar-refractivity contribution is -0.136. The number of hydrogen-bond donors (Lipinski definition) is 1. The molecule has 6 heteroatoms. The standard InChI is InChI=1S/C18H24N2O4/c1-13(18(22)20-9-11-23-12-10-20)19-17(21)15-7-2-3-8-16(15)24-14-5-4-6-14/h2-3,7-8,13-14H,4-6,9-12H2,1H3,(H,19,21)/t13-/m1/s1. The number of rotatable bonds is 5. The molecule has 1 heterocycles. The molecule has 0 aromatic heterocycles. The Morgan fingerprint density at radius 1 is 1.25 bits per heavy atom. The van der Waals surface area contributed by atoms with Gasteiger partial charge < -0.3 is 19.7 Å². The highest BCUT2D eigenvalue weighted by atomic mass is 16.5. The van der Waals surface area contributed by atoms with E-state index < -0.39 is 6.04 Å². The summed E-state index contributed by atoms with van der Waals surface area (Å²) in [5.74, 6) is 0.230. The summed E-state index contributed by atoms with van der Waals surface area (Å²) < 4.78 is 11.1. The first-order valence-electron chi connectivity index (χ1n) is 8.58. The van der Waals surface area contributed by atoms with Crippen LogP contribution in [0.3, 0.4) is 0 Å². The number of carbonyl (C=O) groups is 2. The van der Waals surface area contributed by atoms with Crippen LogP contribution in [0.4, 0.5) is 0 Å². The average Bonchev–Trinajstić information content (AvgIpc) is 2.58. The summed E-state index contributed by atoms with van der Waals surface area (Å²) in [6.45, 7) is 3.95. The van der Waals surface area contributed by atoms with Gasteiger partial charge in [0.05, 0.1) is 24.9 Å². The van der Waals surface area contributed by atoms with Crippen LogP contribution in [-0.2, 0) is 9.53 Å². The van der Waals surface area contributed by atoms with Crippen LogP contribution in [0.5, 0.6) is 5.75 Å². The monoisotopic (exact) mass is 332 g/mol. The minimum atomic E-state index is -0.577. The van der Waals surface area contributed by atoms with Gasteiger partial charge in [0.2, 0.25) is 5.91 Å². The Morgan fingerprint density at radius 2 is 1.96 bits per heavy atom. The van der Waals surface area contributed by atoms with E-state index in [-0.39, 0.29) is 17.9 Å². The molecule has 1 aliphatic carbocycles. The summed E-state index contributed by atoms with van der Waals surface area (Å²) in [4.78, 5) is 26.7. The maximum Gasteiger partial charge on any atom is 0.255 e. The molecule has 6 nitrogen and oxygen atoms in total. The minimum absolute atomic E-state index is 0.0796. The number of carbonyl (C=O) groups excluding carboxylic acids is 2. The molecule has 1 saturated heterocycles. The lowest BCUT2D eigenvalue weighted by Crippen LogP contribution is -2.50. The summed E-state index contributed by atoms with van der Waals surface area (Å²) in [6, 6.07) is 6.62. The molecule has 2 aliphatic rings. The third-order valence-electron chi connectivity index (χ3n) is 4.52. The fourth-order valence-corrected chi connectivity index (χ4v) is 2.82. The molecule has 0 radical (unpaired) electrons. The first-order chi connectivity index (χ1) is 11.6. The molecule has 3 rings (SSSR count). The Morgan fingerprint density at radius 3 is 2.62 bits per heavy atom. The topological polar surface area (TPSA) is 67.9 Å². The van der Waals surface area contributed by atoms with Crippen molar-refractivity contribution in [2.75, 3.05) is 26.3 Å². The van der Waals surface area contributed by atoms with Crippen LogP contribution in [0.1, 0.15) is 36.5 Å². The van der Waals surface area contributed by atoms with Crippen molar-refractivity contribution in [2.24, 2.45) is 0 Å². The van der Waals surface area contributed by atoms with Gasteiger partial charge in [-0.1, -0.05) is 12.1 Å². The van der Waals surface area contributed by atoms with Gasteiger partial charge in [0.15, 0.2) is 0 Å². The second kappa shape index (κ2) is 7.66. The SMILES string of the molecule is C[C@@H](NC(=O)c1ccccc1OC1CCC1)C(=O)N1CCOCC1. The molecule has 0 unspecified atom stereocenters. The number of nitrogens with zero attached hydrogens (tertiary/aromatic N) is 1. The van der Waals surface area contributed by atoms with Crippen molar-refractivity contribution in [1.82, 2.24) is 10.2 Å². The lowest BCUT2D eigenvalue weighted by Gasteiger charge is -2.30. The zero-order chi connectivity index (χ0) is 16.9. The van der Waals surface area contributed by atoms with Crippen LogP contribution in [0, 0.1) is 0 Å². The molecule has 1 aliphatic heterocycles. The third-order valence-corrected chi connectivity index (χ3v) is 4.52. The maximum absolute atomic E-state index is 12.6. The number of ether oxygens (including phenoxy) is 2. The van der Waals surface area contributed by atoms with Crippen molar-refractivity contribution in [3.63, 3.8) is 0 Å². The Kier molecular flexibility index (Phi) is 5.35. The average molecular weight is 332 g/mol. The molecule has 24 heavy (non-hydrogen) atoms. The molecule has 1 aromatic rings. The number of hydrogen-bond acceptors (Lipinski definition) is 4. The van der Waals surface area contributed by atoms with Gasteiger partial charge in [0.1, 0.15) is 11.8 Å². The molecule has 130 valence electrons. The summed E-state index contributed by atoms with van der Waals surface area (Å²) >= 11 is 0. The van der Waals surface area contributed by atoms with Gasteiger partial charge in [-0.15, -0.1) is 0 Å². The van der Waals surface area contributed by atoms with Crippen molar-refractivity contribution in [3.05, 3.63) is 29.8 Å². The van der Waals surface area contributed by atoms with Gasteiger partial charge in [0.25, 0.3) is 5.91 Å². The number of nitrogens with one attached hydrogen (secondary N) is 1. The number of amides is 2. The summed E-state index contributed by atoms with van der Waals surface area (Å²) in [6.07, 6.45) is 3.43. The fourth-order valence-electron chi connectivity index (χ4n) is 2.82. The predicted molar refractivity (Wildman–Crippen MR) is 89.0 cm³/mol.